The van der Waals surface area contributed by atoms with Crippen LogP contribution in [0.1, 0.15) is 17.0 Å². The van der Waals surface area contributed by atoms with Crippen molar-refractivity contribution in [3.8, 4) is 0 Å². The number of aromatic nitrogens is 4. The monoisotopic (exact) mass is 279 g/mol. The second kappa shape index (κ2) is 6.17. The van der Waals surface area contributed by atoms with Gasteiger partial charge in [-0.15, -0.1) is 10.2 Å². The van der Waals surface area contributed by atoms with Crippen LogP contribution >= 0.6 is 0 Å². The zero-order chi connectivity index (χ0) is 14.5. The van der Waals surface area contributed by atoms with Crippen LogP contribution in [0.3, 0.4) is 0 Å². The van der Waals surface area contributed by atoms with Crippen LogP contribution in [0.25, 0.3) is 0 Å². The van der Waals surface area contributed by atoms with Crippen molar-refractivity contribution in [2.75, 3.05) is 5.32 Å². The molecule has 0 saturated carbocycles. The fourth-order valence-electron chi connectivity index (χ4n) is 2.23. The van der Waals surface area contributed by atoms with Crippen molar-refractivity contribution in [1.29, 1.82) is 0 Å². The summed E-state index contributed by atoms with van der Waals surface area (Å²) in [6, 6.07) is 18.7. The Kier molecular flexibility index (Phi) is 3.91. The zero-order valence-electron chi connectivity index (χ0n) is 11.9. The van der Waals surface area contributed by atoms with Crippen molar-refractivity contribution in [2.45, 2.75) is 13.0 Å². The highest BCUT2D eigenvalue weighted by Crippen LogP contribution is 2.19. The maximum Gasteiger partial charge on any atom is 0.193 e. The molecule has 1 heterocycles. The quantitative estimate of drug-likeness (QED) is 0.779. The number of rotatable bonds is 5. The van der Waals surface area contributed by atoms with E-state index in [1.807, 2.05) is 12.1 Å². The first kappa shape index (κ1) is 13.3. The Hall–Kier alpha value is -2.69. The third-order valence-electron chi connectivity index (χ3n) is 3.24. The summed E-state index contributed by atoms with van der Waals surface area (Å²) in [5.74, 6) is 0.687. The third-order valence-corrected chi connectivity index (χ3v) is 3.24. The van der Waals surface area contributed by atoms with E-state index in [2.05, 4.69) is 63.2 Å². The summed E-state index contributed by atoms with van der Waals surface area (Å²) in [4.78, 5) is 1.47. The average molecular weight is 279 g/mol. The van der Waals surface area contributed by atoms with Gasteiger partial charge >= 0.3 is 0 Å². The Labute approximate surface area is 123 Å². The highest BCUT2D eigenvalue weighted by molar-refractivity contribution is 5.52. The zero-order valence-corrected chi connectivity index (χ0v) is 11.9. The van der Waals surface area contributed by atoms with E-state index in [0.29, 0.717) is 12.4 Å². The maximum absolute atomic E-state index is 4.17. The highest BCUT2D eigenvalue weighted by atomic mass is 15.6. The van der Waals surface area contributed by atoms with Crippen molar-refractivity contribution in [2.24, 2.45) is 7.05 Å². The Morgan fingerprint density at radius 2 is 1.76 bits per heavy atom. The van der Waals surface area contributed by atoms with Gasteiger partial charge in [0.15, 0.2) is 5.82 Å². The lowest BCUT2D eigenvalue weighted by atomic mass is 10.0. The molecule has 0 atom stereocenters. The molecule has 5 nitrogen and oxygen atoms in total. The van der Waals surface area contributed by atoms with Gasteiger partial charge in [0, 0.05) is 5.69 Å². The number of para-hydroxylation sites is 1. The van der Waals surface area contributed by atoms with Crippen LogP contribution in [0, 0.1) is 0 Å². The predicted molar refractivity (Wildman–Crippen MR) is 81.8 cm³/mol. The molecule has 0 bridgehead atoms. The molecule has 0 unspecified atom stereocenters. The van der Waals surface area contributed by atoms with Gasteiger partial charge in [0.25, 0.3) is 0 Å². The molecule has 3 aromatic rings. The molecule has 0 aliphatic heterocycles. The van der Waals surface area contributed by atoms with Crippen LogP contribution in [-0.2, 0) is 20.0 Å². The molecule has 1 N–H and O–H groups in total. The molecule has 0 aliphatic rings. The number of anilines is 1. The molecule has 2 aromatic carbocycles. The molecule has 0 saturated heterocycles. The Bertz CT molecular complexity index is 705. The largest absolute Gasteiger partial charge is 0.377 e. The smallest absolute Gasteiger partial charge is 0.193 e. The number of hydrogen-bond donors (Lipinski definition) is 1. The maximum atomic E-state index is 4.17. The summed E-state index contributed by atoms with van der Waals surface area (Å²) in [5.41, 5.74) is 3.66. The van der Waals surface area contributed by atoms with Crippen molar-refractivity contribution in [3.63, 3.8) is 0 Å². The van der Waals surface area contributed by atoms with E-state index < -0.39 is 0 Å². The average Bonchev–Trinajstić information content (AvgIpc) is 2.93. The van der Waals surface area contributed by atoms with Crippen LogP contribution in [0.5, 0.6) is 0 Å². The third kappa shape index (κ3) is 3.45. The van der Waals surface area contributed by atoms with Gasteiger partial charge in [-0.3, -0.25) is 0 Å². The van der Waals surface area contributed by atoms with Crippen LogP contribution in [-0.4, -0.2) is 20.2 Å². The lowest BCUT2D eigenvalue weighted by molar-refractivity contribution is 0.628. The van der Waals surface area contributed by atoms with Gasteiger partial charge in [0.1, 0.15) is 0 Å². The molecule has 0 amide bonds. The summed E-state index contributed by atoms with van der Waals surface area (Å²) < 4.78 is 0. The molecule has 0 fully saturated rings. The minimum atomic E-state index is 0.569. The van der Waals surface area contributed by atoms with Crippen LogP contribution < -0.4 is 5.32 Å². The number of hydrogen-bond acceptors (Lipinski definition) is 4. The number of benzene rings is 2. The lowest BCUT2D eigenvalue weighted by Gasteiger charge is -2.10. The van der Waals surface area contributed by atoms with Gasteiger partial charge in [-0.1, -0.05) is 48.5 Å². The SMILES string of the molecule is Cn1nnc(CNc2ccccc2Cc2ccccc2)n1. The summed E-state index contributed by atoms with van der Waals surface area (Å²) >= 11 is 0. The fourth-order valence-corrected chi connectivity index (χ4v) is 2.23. The number of aryl methyl sites for hydroxylation is 1. The number of nitrogens with one attached hydrogen (secondary N) is 1. The van der Waals surface area contributed by atoms with E-state index >= 15 is 0 Å². The molecular weight excluding hydrogens is 262 g/mol. The molecule has 106 valence electrons. The van der Waals surface area contributed by atoms with Crippen molar-refractivity contribution >= 4 is 5.69 Å². The molecule has 1 aromatic heterocycles. The van der Waals surface area contributed by atoms with E-state index in [9.17, 15) is 0 Å². The van der Waals surface area contributed by atoms with Gasteiger partial charge < -0.3 is 5.32 Å². The molecular formula is C16H17N5. The summed E-state index contributed by atoms with van der Waals surface area (Å²) in [5, 5.41) is 15.4. The van der Waals surface area contributed by atoms with Gasteiger partial charge in [-0.2, -0.15) is 4.80 Å². The second-order valence-electron chi connectivity index (χ2n) is 4.87. The minimum Gasteiger partial charge on any atom is -0.377 e. The first-order chi connectivity index (χ1) is 10.3. The normalized spacial score (nSPS) is 10.5. The van der Waals surface area contributed by atoms with Gasteiger partial charge in [-0.05, 0) is 28.8 Å². The van der Waals surface area contributed by atoms with Crippen LogP contribution in [0.2, 0.25) is 0 Å². The molecule has 0 radical (unpaired) electrons. The van der Waals surface area contributed by atoms with E-state index in [1.165, 1.54) is 15.9 Å². The Balaban J connectivity index is 1.73. The van der Waals surface area contributed by atoms with E-state index in [-0.39, 0.29) is 0 Å². The summed E-state index contributed by atoms with van der Waals surface area (Å²) in [6.45, 7) is 0.569. The van der Waals surface area contributed by atoms with Crippen molar-refractivity contribution < 1.29 is 0 Å². The van der Waals surface area contributed by atoms with E-state index in [0.717, 1.165) is 12.1 Å². The van der Waals surface area contributed by atoms with Crippen molar-refractivity contribution in [3.05, 3.63) is 71.5 Å². The molecule has 0 aliphatic carbocycles. The standard InChI is InChI=1S/C16H17N5/c1-21-19-16(18-20-21)12-17-15-10-6-5-9-14(15)11-13-7-3-2-4-8-13/h2-10,17H,11-12H2,1H3. The molecule has 0 spiro atoms. The topological polar surface area (TPSA) is 55.6 Å². The molecule has 21 heavy (non-hydrogen) atoms. The molecule has 5 heteroatoms. The first-order valence-electron chi connectivity index (χ1n) is 6.90. The first-order valence-corrected chi connectivity index (χ1v) is 6.90. The fraction of sp³-hybridized carbons (Fsp3) is 0.188. The number of tetrazole rings is 1. The van der Waals surface area contributed by atoms with Gasteiger partial charge in [0.05, 0.1) is 13.6 Å². The van der Waals surface area contributed by atoms with Gasteiger partial charge in [-0.25, -0.2) is 0 Å². The van der Waals surface area contributed by atoms with Crippen LogP contribution in [0.4, 0.5) is 5.69 Å². The van der Waals surface area contributed by atoms with E-state index in [1.54, 1.807) is 7.05 Å². The summed E-state index contributed by atoms with van der Waals surface area (Å²) in [7, 11) is 1.76. The summed E-state index contributed by atoms with van der Waals surface area (Å²) in [6.07, 6.45) is 0.901. The second-order valence-corrected chi connectivity index (χ2v) is 4.87. The number of nitrogens with zero attached hydrogens (tertiary/aromatic N) is 4. The minimum absolute atomic E-state index is 0.569. The highest BCUT2D eigenvalue weighted by Gasteiger charge is 2.05. The van der Waals surface area contributed by atoms with Gasteiger partial charge in [0.2, 0.25) is 0 Å². The molecule has 3 rings (SSSR count). The Morgan fingerprint density at radius 1 is 1.00 bits per heavy atom. The van der Waals surface area contributed by atoms with E-state index in [4.69, 9.17) is 0 Å². The van der Waals surface area contributed by atoms with Crippen LogP contribution in [0.15, 0.2) is 54.6 Å². The van der Waals surface area contributed by atoms with Crippen molar-refractivity contribution in [1.82, 2.24) is 20.2 Å². The Morgan fingerprint density at radius 3 is 2.52 bits per heavy atom. The predicted octanol–water partition coefficient (Wildman–Crippen LogP) is 2.41. The lowest BCUT2D eigenvalue weighted by Crippen LogP contribution is -2.05.